The smallest absolute Gasteiger partial charge is 0.182 e. The van der Waals surface area contributed by atoms with Crippen LogP contribution in [0.25, 0.3) is 16.9 Å². The molecule has 3 rings (SSSR count). The molecule has 0 aliphatic rings. The highest BCUT2D eigenvalue weighted by atomic mass is 79.9. The Morgan fingerprint density at radius 2 is 2.00 bits per heavy atom. The second kappa shape index (κ2) is 4.33. The maximum atomic E-state index is 6.18. The molecule has 90 valence electrons. The van der Waals surface area contributed by atoms with E-state index >= 15 is 0 Å². The minimum atomic E-state index is 0.408. The van der Waals surface area contributed by atoms with Gasteiger partial charge in [-0.05, 0) is 35.0 Å². The molecule has 0 radical (unpaired) electrons. The van der Waals surface area contributed by atoms with Crippen molar-refractivity contribution in [3.05, 3.63) is 46.0 Å². The van der Waals surface area contributed by atoms with E-state index in [1.54, 1.807) is 13.3 Å². The number of aromatic nitrogens is 4. The predicted octanol–water partition coefficient (Wildman–Crippen LogP) is 3.54. The van der Waals surface area contributed by atoms with Gasteiger partial charge in [-0.3, -0.25) is 4.57 Å². The summed E-state index contributed by atoms with van der Waals surface area (Å²) in [5, 5.41) is 0.408. The van der Waals surface area contributed by atoms with Gasteiger partial charge in [-0.15, -0.1) is 0 Å². The van der Waals surface area contributed by atoms with Crippen molar-refractivity contribution in [3.63, 3.8) is 0 Å². The summed E-state index contributed by atoms with van der Waals surface area (Å²) in [4.78, 5) is 12.7. The molecule has 2 heterocycles. The lowest BCUT2D eigenvalue weighted by molar-refractivity contribution is 1.06. The monoisotopic (exact) mass is 322 g/mol. The summed E-state index contributed by atoms with van der Waals surface area (Å²) in [6.45, 7) is 1.79. The number of hydrogen-bond acceptors (Lipinski definition) is 3. The minimum Gasteiger partial charge on any atom is -0.294 e. The number of imidazole rings is 1. The first-order chi connectivity index (χ1) is 8.66. The fraction of sp³-hybridized carbons (Fsp3) is 0.0833. The number of hydrogen-bond donors (Lipinski definition) is 0. The lowest BCUT2D eigenvalue weighted by Gasteiger charge is -2.07. The Kier molecular flexibility index (Phi) is 2.80. The van der Waals surface area contributed by atoms with Crippen LogP contribution in [-0.4, -0.2) is 19.5 Å². The molecule has 2 aromatic heterocycles. The number of fused-ring (bicyclic) bond motifs is 1. The molecule has 4 nitrogen and oxygen atoms in total. The topological polar surface area (TPSA) is 43.6 Å². The van der Waals surface area contributed by atoms with Crippen molar-refractivity contribution in [3.8, 4) is 5.69 Å². The first kappa shape index (κ1) is 11.6. The van der Waals surface area contributed by atoms with Crippen molar-refractivity contribution >= 4 is 38.7 Å². The van der Waals surface area contributed by atoms with Crippen LogP contribution in [0.1, 0.15) is 5.82 Å². The number of aryl methyl sites for hydroxylation is 1. The van der Waals surface area contributed by atoms with Gasteiger partial charge in [-0.1, -0.05) is 23.7 Å². The molecule has 3 aromatic rings. The molecule has 6 heteroatoms. The average Bonchev–Trinajstić information content (AvgIpc) is 2.73. The highest BCUT2D eigenvalue weighted by Gasteiger charge is 2.13. The summed E-state index contributed by atoms with van der Waals surface area (Å²) >= 11 is 9.69. The fourth-order valence-electron chi connectivity index (χ4n) is 1.82. The predicted molar refractivity (Wildman–Crippen MR) is 74.1 cm³/mol. The molecule has 0 aliphatic heterocycles. The molecule has 0 spiro atoms. The van der Waals surface area contributed by atoms with Gasteiger partial charge in [0.05, 0.1) is 5.69 Å². The number of halogens is 2. The molecule has 0 saturated heterocycles. The van der Waals surface area contributed by atoms with Crippen molar-refractivity contribution in [1.82, 2.24) is 19.5 Å². The first-order valence-corrected chi connectivity index (χ1v) is 6.46. The summed E-state index contributed by atoms with van der Waals surface area (Å²) in [6.07, 6.45) is 1.70. The lowest BCUT2D eigenvalue weighted by atomic mass is 10.3. The van der Waals surface area contributed by atoms with E-state index in [1.807, 2.05) is 28.8 Å². The normalized spacial score (nSPS) is 11.1. The van der Waals surface area contributed by atoms with Crippen LogP contribution in [-0.2, 0) is 0 Å². The molecule has 0 fully saturated rings. The second-order valence-corrected chi connectivity index (χ2v) is 5.01. The van der Waals surface area contributed by atoms with E-state index in [0.717, 1.165) is 10.2 Å². The summed E-state index contributed by atoms with van der Waals surface area (Å²) in [5.41, 5.74) is 2.27. The van der Waals surface area contributed by atoms with Crippen molar-refractivity contribution in [2.45, 2.75) is 6.92 Å². The van der Waals surface area contributed by atoms with Crippen molar-refractivity contribution in [1.29, 1.82) is 0 Å². The number of benzene rings is 1. The summed E-state index contributed by atoms with van der Waals surface area (Å²) in [5.74, 6) is 0.616. The van der Waals surface area contributed by atoms with Gasteiger partial charge in [0.15, 0.2) is 10.8 Å². The Morgan fingerprint density at radius 3 is 2.78 bits per heavy atom. The number of para-hydroxylation sites is 1. The van der Waals surface area contributed by atoms with Crippen molar-refractivity contribution in [2.24, 2.45) is 0 Å². The first-order valence-electron chi connectivity index (χ1n) is 5.29. The van der Waals surface area contributed by atoms with Gasteiger partial charge in [0, 0.05) is 4.47 Å². The molecule has 0 atom stereocenters. The van der Waals surface area contributed by atoms with Crippen LogP contribution >= 0.6 is 27.5 Å². The maximum Gasteiger partial charge on any atom is 0.182 e. The summed E-state index contributed by atoms with van der Waals surface area (Å²) in [6, 6.07) is 7.84. The Morgan fingerprint density at radius 1 is 1.22 bits per heavy atom. The molecule has 0 N–H and O–H groups in total. The summed E-state index contributed by atoms with van der Waals surface area (Å²) in [7, 11) is 0. The third kappa shape index (κ3) is 1.79. The van der Waals surface area contributed by atoms with E-state index in [4.69, 9.17) is 11.6 Å². The Balaban J connectivity index is 2.35. The molecule has 0 saturated carbocycles. The zero-order valence-corrected chi connectivity index (χ0v) is 11.8. The van der Waals surface area contributed by atoms with Gasteiger partial charge in [0.1, 0.15) is 17.7 Å². The number of rotatable bonds is 1. The number of nitrogens with zero attached hydrogens (tertiary/aromatic N) is 4. The summed E-state index contributed by atoms with van der Waals surface area (Å²) < 4.78 is 2.84. The SMILES string of the molecule is Cc1nc(Cl)c2c(ncn2-c2ccccc2Br)n1. The Hall–Kier alpha value is -1.46. The van der Waals surface area contributed by atoms with E-state index in [1.165, 1.54) is 0 Å². The maximum absolute atomic E-state index is 6.18. The van der Waals surface area contributed by atoms with E-state index < -0.39 is 0 Å². The third-order valence-electron chi connectivity index (χ3n) is 2.58. The Labute approximate surface area is 117 Å². The van der Waals surface area contributed by atoms with Gasteiger partial charge in [0.25, 0.3) is 0 Å². The molecule has 0 amide bonds. The third-order valence-corrected chi connectivity index (χ3v) is 3.52. The van der Waals surface area contributed by atoms with Crippen LogP contribution in [0, 0.1) is 6.92 Å². The van der Waals surface area contributed by atoms with E-state index in [9.17, 15) is 0 Å². The quantitative estimate of drug-likeness (QED) is 0.643. The van der Waals surface area contributed by atoms with Gasteiger partial charge in [0.2, 0.25) is 0 Å². The van der Waals surface area contributed by atoms with E-state index in [-0.39, 0.29) is 0 Å². The van der Waals surface area contributed by atoms with Gasteiger partial charge >= 0.3 is 0 Å². The van der Waals surface area contributed by atoms with Gasteiger partial charge < -0.3 is 0 Å². The highest BCUT2D eigenvalue weighted by molar-refractivity contribution is 9.10. The molecular formula is C12H8BrClN4. The van der Waals surface area contributed by atoms with Crippen LogP contribution in [0.2, 0.25) is 5.15 Å². The molecule has 18 heavy (non-hydrogen) atoms. The van der Waals surface area contributed by atoms with E-state index in [2.05, 4.69) is 30.9 Å². The van der Waals surface area contributed by atoms with Crippen LogP contribution in [0.3, 0.4) is 0 Å². The molecular weight excluding hydrogens is 316 g/mol. The minimum absolute atomic E-state index is 0.408. The van der Waals surface area contributed by atoms with Gasteiger partial charge in [-0.2, -0.15) is 0 Å². The zero-order chi connectivity index (χ0) is 12.7. The van der Waals surface area contributed by atoms with Gasteiger partial charge in [-0.25, -0.2) is 15.0 Å². The molecule has 0 aliphatic carbocycles. The van der Waals surface area contributed by atoms with Crippen LogP contribution in [0.5, 0.6) is 0 Å². The molecule has 0 bridgehead atoms. The van der Waals surface area contributed by atoms with Crippen molar-refractivity contribution in [2.75, 3.05) is 0 Å². The van der Waals surface area contributed by atoms with Crippen molar-refractivity contribution < 1.29 is 0 Å². The standard InChI is InChI=1S/C12H8BrClN4/c1-7-16-11(14)10-12(17-7)15-6-18(10)9-5-3-2-4-8(9)13/h2-6H,1H3. The van der Waals surface area contributed by atoms with Crippen LogP contribution < -0.4 is 0 Å². The molecule has 0 unspecified atom stereocenters. The molecule has 1 aromatic carbocycles. The Bertz CT molecular complexity index is 738. The van der Waals surface area contributed by atoms with Crippen LogP contribution in [0.15, 0.2) is 35.1 Å². The van der Waals surface area contributed by atoms with E-state index in [0.29, 0.717) is 22.1 Å². The fourth-order valence-corrected chi connectivity index (χ4v) is 2.59. The second-order valence-electron chi connectivity index (χ2n) is 3.80. The van der Waals surface area contributed by atoms with Crippen LogP contribution in [0.4, 0.5) is 0 Å². The zero-order valence-electron chi connectivity index (χ0n) is 9.43. The average molecular weight is 324 g/mol. The highest BCUT2D eigenvalue weighted by Crippen LogP contribution is 2.27. The largest absolute Gasteiger partial charge is 0.294 e. The lowest BCUT2D eigenvalue weighted by Crippen LogP contribution is -1.96.